The summed E-state index contributed by atoms with van der Waals surface area (Å²) in [4.78, 5) is 13.6. The maximum atomic E-state index is 4.46. The van der Waals surface area contributed by atoms with Crippen molar-refractivity contribution in [3.05, 3.63) is 36.0 Å². The topological polar surface area (TPSA) is 56.3 Å². The van der Waals surface area contributed by atoms with Gasteiger partial charge in [0.05, 0.1) is 0 Å². The molecule has 23 heavy (non-hydrogen) atoms. The van der Waals surface area contributed by atoms with Crippen LogP contribution in [0.4, 0.5) is 23.1 Å². The SMILES string of the molecule is CNc1nc(Nc2ccc(N3CCN(C)CC3)cc2)ncc1C. The molecule has 2 heterocycles. The van der Waals surface area contributed by atoms with Crippen LogP contribution in [0, 0.1) is 6.92 Å². The Morgan fingerprint density at radius 2 is 1.74 bits per heavy atom. The maximum absolute atomic E-state index is 4.46. The molecule has 6 heteroatoms. The first kappa shape index (κ1) is 15.6. The molecule has 0 radical (unpaired) electrons. The Bertz CT molecular complexity index is 647. The third-order valence-electron chi connectivity index (χ3n) is 4.20. The molecule has 0 unspecified atom stereocenters. The summed E-state index contributed by atoms with van der Waals surface area (Å²) >= 11 is 0. The van der Waals surface area contributed by atoms with Crippen molar-refractivity contribution in [1.82, 2.24) is 14.9 Å². The van der Waals surface area contributed by atoms with E-state index in [1.807, 2.05) is 20.2 Å². The fourth-order valence-electron chi connectivity index (χ4n) is 2.70. The minimum Gasteiger partial charge on any atom is -0.373 e. The van der Waals surface area contributed by atoms with Crippen LogP contribution in [0.15, 0.2) is 30.5 Å². The van der Waals surface area contributed by atoms with Crippen LogP contribution in [0.1, 0.15) is 5.56 Å². The summed E-state index contributed by atoms with van der Waals surface area (Å²) in [6.07, 6.45) is 1.82. The Morgan fingerprint density at radius 3 is 2.39 bits per heavy atom. The molecular weight excluding hydrogens is 288 g/mol. The molecule has 1 aromatic carbocycles. The van der Waals surface area contributed by atoms with E-state index < -0.39 is 0 Å². The van der Waals surface area contributed by atoms with Crippen LogP contribution in [-0.4, -0.2) is 55.1 Å². The predicted octanol–water partition coefficient (Wildman–Crippen LogP) is 2.32. The summed E-state index contributed by atoms with van der Waals surface area (Å²) in [5.74, 6) is 1.45. The van der Waals surface area contributed by atoms with Crippen LogP contribution < -0.4 is 15.5 Å². The molecule has 0 atom stereocenters. The summed E-state index contributed by atoms with van der Waals surface area (Å²) in [5.41, 5.74) is 3.29. The first-order valence-electron chi connectivity index (χ1n) is 7.97. The van der Waals surface area contributed by atoms with Gasteiger partial charge in [-0.05, 0) is 38.2 Å². The van der Waals surface area contributed by atoms with Gasteiger partial charge in [-0.3, -0.25) is 0 Å². The van der Waals surface area contributed by atoms with Gasteiger partial charge in [-0.25, -0.2) is 4.98 Å². The second kappa shape index (κ2) is 6.83. The number of likely N-dealkylation sites (N-methyl/N-ethyl adjacent to an activating group) is 1. The molecule has 0 bridgehead atoms. The van der Waals surface area contributed by atoms with E-state index in [1.54, 1.807) is 0 Å². The van der Waals surface area contributed by atoms with E-state index in [9.17, 15) is 0 Å². The highest BCUT2D eigenvalue weighted by atomic mass is 15.2. The molecule has 0 aliphatic carbocycles. The predicted molar refractivity (Wildman–Crippen MR) is 95.8 cm³/mol. The van der Waals surface area contributed by atoms with E-state index in [0.717, 1.165) is 43.2 Å². The number of benzene rings is 1. The number of piperazine rings is 1. The van der Waals surface area contributed by atoms with E-state index in [1.165, 1.54) is 5.69 Å². The number of hydrogen-bond donors (Lipinski definition) is 2. The Labute approximate surface area is 137 Å². The fourth-order valence-corrected chi connectivity index (χ4v) is 2.70. The van der Waals surface area contributed by atoms with E-state index >= 15 is 0 Å². The minimum absolute atomic E-state index is 0.604. The largest absolute Gasteiger partial charge is 0.373 e. The van der Waals surface area contributed by atoms with Gasteiger partial charge in [-0.1, -0.05) is 0 Å². The fraction of sp³-hybridized carbons (Fsp3) is 0.412. The first-order chi connectivity index (χ1) is 11.2. The molecule has 2 N–H and O–H groups in total. The van der Waals surface area contributed by atoms with Gasteiger partial charge in [-0.2, -0.15) is 4.98 Å². The van der Waals surface area contributed by atoms with Gasteiger partial charge in [0, 0.05) is 56.4 Å². The Morgan fingerprint density at radius 1 is 1.04 bits per heavy atom. The number of rotatable bonds is 4. The zero-order valence-corrected chi connectivity index (χ0v) is 14.0. The van der Waals surface area contributed by atoms with Gasteiger partial charge in [0.2, 0.25) is 5.95 Å². The molecule has 1 aromatic heterocycles. The lowest BCUT2D eigenvalue weighted by molar-refractivity contribution is 0.313. The maximum Gasteiger partial charge on any atom is 0.229 e. The van der Waals surface area contributed by atoms with Crippen molar-refractivity contribution in [3.8, 4) is 0 Å². The lowest BCUT2D eigenvalue weighted by Gasteiger charge is -2.34. The lowest BCUT2D eigenvalue weighted by Crippen LogP contribution is -2.44. The number of anilines is 4. The average Bonchev–Trinajstić information content (AvgIpc) is 2.58. The summed E-state index contributed by atoms with van der Waals surface area (Å²) in [6, 6.07) is 8.47. The number of nitrogens with one attached hydrogen (secondary N) is 2. The standard InChI is InChI=1S/C17H24N6/c1-13-12-19-17(21-16(13)18-2)20-14-4-6-15(7-5-14)23-10-8-22(3)9-11-23/h4-7,12H,8-11H2,1-3H3,(H2,18,19,20,21). The van der Waals surface area contributed by atoms with Crippen molar-refractivity contribution < 1.29 is 0 Å². The molecule has 1 aliphatic heterocycles. The molecule has 1 aliphatic rings. The van der Waals surface area contributed by atoms with Crippen molar-refractivity contribution in [3.63, 3.8) is 0 Å². The molecule has 3 rings (SSSR count). The smallest absolute Gasteiger partial charge is 0.229 e. The van der Waals surface area contributed by atoms with E-state index in [-0.39, 0.29) is 0 Å². The van der Waals surface area contributed by atoms with Crippen LogP contribution in [-0.2, 0) is 0 Å². The Hall–Kier alpha value is -2.34. The molecule has 1 fully saturated rings. The summed E-state index contributed by atoms with van der Waals surface area (Å²) in [7, 11) is 4.04. The van der Waals surface area contributed by atoms with Gasteiger partial charge in [0.15, 0.2) is 0 Å². The van der Waals surface area contributed by atoms with E-state index in [4.69, 9.17) is 0 Å². The van der Waals surface area contributed by atoms with Crippen LogP contribution in [0.5, 0.6) is 0 Å². The molecule has 0 spiro atoms. The zero-order chi connectivity index (χ0) is 16.2. The number of aromatic nitrogens is 2. The van der Waals surface area contributed by atoms with Gasteiger partial charge < -0.3 is 20.4 Å². The molecular formula is C17H24N6. The quantitative estimate of drug-likeness (QED) is 0.904. The van der Waals surface area contributed by atoms with E-state index in [2.05, 4.69) is 61.7 Å². The van der Waals surface area contributed by atoms with Crippen LogP contribution >= 0.6 is 0 Å². The summed E-state index contributed by atoms with van der Waals surface area (Å²) in [6.45, 7) is 6.38. The third kappa shape index (κ3) is 3.71. The van der Waals surface area contributed by atoms with Crippen molar-refractivity contribution in [2.45, 2.75) is 6.92 Å². The van der Waals surface area contributed by atoms with Crippen molar-refractivity contribution in [2.75, 3.05) is 55.8 Å². The molecule has 2 aromatic rings. The van der Waals surface area contributed by atoms with Gasteiger partial charge in [0.25, 0.3) is 0 Å². The van der Waals surface area contributed by atoms with Crippen molar-refractivity contribution in [2.24, 2.45) is 0 Å². The van der Waals surface area contributed by atoms with Crippen LogP contribution in [0.2, 0.25) is 0 Å². The minimum atomic E-state index is 0.604. The number of aryl methyl sites for hydroxylation is 1. The van der Waals surface area contributed by atoms with Crippen LogP contribution in [0.3, 0.4) is 0 Å². The molecule has 6 nitrogen and oxygen atoms in total. The second-order valence-corrected chi connectivity index (χ2v) is 5.94. The third-order valence-corrected chi connectivity index (χ3v) is 4.20. The Balaban J connectivity index is 1.68. The normalized spacial score (nSPS) is 15.5. The van der Waals surface area contributed by atoms with Gasteiger partial charge in [-0.15, -0.1) is 0 Å². The van der Waals surface area contributed by atoms with Gasteiger partial charge in [0.1, 0.15) is 5.82 Å². The lowest BCUT2D eigenvalue weighted by atomic mass is 10.2. The first-order valence-corrected chi connectivity index (χ1v) is 7.97. The zero-order valence-electron chi connectivity index (χ0n) is 14.0. The monoisotopic (exact) mass is 312 g/mol. The average molecular weight is 312 g/mol. The van der Waals surface area contributed by atoms with E-state index in [0.29, 0.717) is 5.95 Å². The van der Waals surface area contributed by atoms with Crippen molar-refractivity contribution >= 4 is 23.1 Å². The Kier molecular flexibility index (Phi) is 4.62. The highest BCUT2D eigenvalue weighted by molar-refractivity contribution is 5.60. The summed E-state index contributed by atoms with van der Waals surface area (Å²) in [5, 5.41) is 6.33. The highest BCUT2D eigenvalue weighted by Crippen LogP contribution is 2.21. The molecule has 0 amide bonds. The molecule has 1 saturated heterocycles. The number of nitrogens with zero attached hydrogens (tertiary/aromatic N) is 4. The molecule has 122 valence electrons. The summed E-state index contributed by atoms with van der Waals surface area (Å²) < 4.78 is 0. The van der Waals surface area contributed by atoms with Crippen molar-refractivity contribution in [1.29, 1.82) is 0 Å². The van der Waals surface area contributed by atoms with Crippen LogP contribution in [0.25, 0.3) is 0 Å². The number of hydrogen-bond acceptors (Lipinski definition) is 6. The highest BCUT2D eigenvalue weighted by Gasteiger charge is 2.14. The van der Waals surface area contributed by atoms with Gasteiger partial charge >= 0.3 is 0 Å². The molecule has 0 saturated carbocycles. The second-order valence-electron chi connectivity index (χ2n) is 5.94.